The summed E-state index contributed by atoms with van der Waals surface area (Å²) < 4.78 is 1.38. The Morgan fingerprint density at radius 3 is 1.59 bits per heavy atom. The number of hydrogen-bond acceptors (Lipinski definition) is 2. The summed E-state index contributed by atoms with van der Waals surface area (Å²) in [5, 5.41) is 0. The minimum absolute atomic E-state index is 0. The normalized spacial score (nSPS) is 16.6. The van der Waals surface area contributed by atoms with Gasteiger partial charge in [0, 0.05) is 18.6 Å². The van der Waals surface area contributed by atoms with Crippen LogP contribution in [-0.2, 0) is 0 Å². The van der Waals surface area contributed by atoms with Crippen molar-refractivity contribution >= 4 is 12.6 Å². The molecule has 1 fully saturated rings. The number of thiol groups is 1. The first-order valence-corrected chi connectivity index (χ1v) is 10.1. The number of nitrogens with zero attached hydrogens (tertiary/aromatic N) is 1. The number of quaternary nitrogens is 1. The fourth-order valence-corrected chi connectivity index (χ4v) is 4.21. The lowest BCUT2D eigenvalue weighted by Gasteiger charge is -2.34. The van der Waals surface area contributed by atoms with Crippen LogP contribution in [0.1, 0.15) is 77.0 Å². The van der Waals surface area contributed by atoms with Crippen LogP contribution in [0.15, 0.2) is 0 Å². The van der Waals surface area contributed by atoms with Crippen LogP contribution in [0, 0.1) is 0 Å². The number of halogens is 1. The van der Waals surface area contributed by atoms with Gasteiger partial charge in [0.25, 0.3) is 0 Å². The first-order chi connectivity index (χ1) is 10.3. The van der Waals surface area contributed by atoms with Gasteiger partial charge in [-0.05, 0) is 25.8 Å². The Hall–Kier alpha value is 0.750. The largest absolute Gasteiger partial charge is 1.00 e. The van der Waals surface area contributed by atoms with E-state index in [4.69, 9.17) is 5.73 Å². The SMILES string of the molecule is NCCCCCCCCCCCC[N+]1(CCS)CCCC1.[Br-]. The second kappa shape index (κ2) is 15.3. The maximum absolute atomic E-state index is 5.51. The first kappa shape index (κ1) is 22.8. The number of unbranched alkanes of at least 4 members (excludes halogenated alkanes) is 9. The van der Waals surface area contributed by atoms with Crippen molar-refractivity contribution in [3.05, 3.63) is 0 Å². The average Bonchev–Trinajstić information content (AvgIpc) is 2.94. The van der Waals surface area contributed by atoms with Gasteiger partial charge in [0.2, 0.25) is 0 Å². The molecule has 2 nitrogen and oxygen atoms in total. The van der Waals surface area contributed by atoms with Crippen LogP contribution in [0.4, 0.5) is 0 Å². The fraction of sp³-hybridized carbons (Fsp3) is 1.00. The van der Waals surface area contributed by atoms with Gasteiger partial charge < -0.3 is 27.2 Å². The molecule has 0 aromatic carbocycles. The third-order valence-electron chi connectivity index (χ3n) is 5.18. The van der Waals surface area contributed by atoms with Crippen LogP contribution in [0.3, 0.4) is 0 Å². The van der Waals surface area contributed by atoms with Crippen molar-refractivity contribution in [2.45, 2.75) is 77.0 Å². The van der Waals surface area contributed by atoms with Crippen LogP contribution >= 0.6 is 12.6 Å². The van der Waals surface area contributed by atoms with Crippen molar-refractivity contribution in [3.63, 3.8) is 0 Å². The lowest BCUT2D eigenvalue weighted by Crippen LogP contribution is -3.00. The number of rotatable bonds is 14. The molecule has 0 aromatic rings. The van der Waals surface area contributed by atoms with Gasteiger partial charge >= 0.3 is 0 Å². The monoisotopic (exact) mass is 394 g/mol. The van der Waals surface area contributed by atoms with E-state index in [2.05, 4.69) is 12.6 Å². The molecule has 0 aliphatic carbocycles. The summed E-state index contributed by atoms with van der Waals surface area (Å²) in [5.41, 5.74) is 5.51. The second-order valence-electron chi connectivity index (χ2n) is 6.99. The molecule has 1 heterocycles. The highest BCUT2D eigenvalue weighted by Gasteiger charge is 2.30. The van der Waals surface area contributed by atoms with Gasteiger partial charge in [0.15, 0.2) is 0 Å². The molecular formula is C18H39BrN2S. The second-order valence-corrected chi connectivity index (χ2v) is 7.44. The molecule has 22 heavy (non-hydrogen) atoms. The number of nitrogens with two attached hydrogens (primary N) is 1. The van der Waals surface area contributed by atoms with Crippen LogP contribution < -0.4 is 22.7 Å². The maximum Gasteiger partial charge on any atom is 0.0876 e. The Balaban J connectivity index is 0.00000441. The zero-order valence-electron chi connectivity index (χ0n) is 14.6. The Kier molecular flexibility index (Phi) is 15.8. The summed E-state index contributed by atoms with van der Waals surface area (Å²) >= 11 is 4.46. The minimum atomic E-state index is 0. The number of likely N-dealkylation sites (tertiary alicyclic amines) is 1. The van der Waals surface area contributed by atoms with E-state index in [1.54, 1.807) is 0 Å². The molecule has 0 radical (unpaired) electrons. The maximum atomic E-state index is 5.51. The average molecular weight is 395 g/mol. The fourth-order valence-electron chi connectivity index (χ4n) is 3.78. The van der Waals surface area contributed by atoms with Crippen molar-refractivity contribution in [2.75, 3.05) is 38.5 Å². The summed E-state index contributed by atoms with van der Waals surface area (Å²) in [6.07, 6.45) is 16.9. The van der Waals surface area contributed by atoms with E-state index in [9.17, 15) is 0 Å². The van der Waals surface area contributed by atoms with Crippen molar-refractivity contribution < 1.29 is 21.5 Å². The van der Waals surface area contributed by atoms with Gasteiger partial charge in [0.05, 0.1) is 26.2 Å². The van der Waals surface area contributed by atoms with Crippen molar-refractivity contribution in [1.82, 2.24) is 0 Å². The first-order valence-electron chi connectivity index (χ1n) is 9.49. The van der Waals surface area contributed by atoms with E-state index in [1.807, 2.05) is 0 Å². The highest BCUT2D eigenvalue weighted by Crippen LogP contribution is 2.21. The van der Waals surface area contributed by atoms with E-state index in [-0.39, 0.29) is 17.0 Å². The molecule has 134 valence electrons. The molecule has 0 aromatic heterocycles. The van der Waals surface area contributed by atoms with Crippen molar-refractivity contribution in [3.8, 4) is 0 Å². The van der Waals surface area contributed by atoms with E-state index in [1.165, 1.54) is 108 Å². The van der Waals surface area contributed by atoms with E-state index < -0.39 is 0 Å². The molecule has 0 unspecified atom stereocenters. The molecule has 1 saturated heterocycles. The van der Waals surface area contributed by atoms with Crippen molar-refractivity contribution in [1.29, 1.82) is 0 Å². The van der Waals surface area contributed by atoms with Crippen LogP contribution in [0.5, 0.6) is 0 Å². The molecule has 4 heteroatoms. The Morgan fingerprint density at radius 1 is 0.682 bits per heavy atom. The van der Waals surface area contributed by atoms with Crippen molar-refractivity contribution in [2.24, 2.45) is 5.73 Å². The Labute approximate surface area is 155 Å². The van der Waals surface area contributed by atoms with Crippen LogP contribution in [0.25, 0.3) is 0 Å². The lowest BCUT2D eigenvalue weighted by atomic mass is 10.1. The molecule has 1 aliphatic rings. The van der Waals surface area contributed by atoms with Gasteiger partial charge in [-0.3, -0.25) is 0 Å². The molecule has 0 atom stereocenters. The molecule has 2 N–H and O–H groups in total. The minimum Gasteiger partial charge on any atom is -1.00 e. The van der Waals surface area contributed by atoms with Gasteiger partial charge in [-0.1, -0.05) is 44.9 Å². The smallest absolute Gasteiger partial charge is 0.0876 e. The van der Waals surface area contributed by atoms with Crippen LogP contribution in [0.2, 0.25) is 0 Å². The zero-order chi connectivity index (χ0) is 15.2. The Bertz CT molecular complexity index is 233. The zero-order valence-corrected chi connectivity index (χ0v) is 17.1. The molecule has 0 spiro atoms. The molecule has 0 amide bonds. The molecule has 1 rings (SSSR count). The van der Waals surface area contributed by atoms with Gasteiger partial charge in [0.1, 0.15) is 0 Å². The summed E-state index contributed by atoms with van der Waals surface area (Å²) in [6.45, 7) is 6.42. The van der Waals surface area contributed by atoms with Gasteiger partial charge in [-0.15, -0.1) is 0 Å². The quantitative estimate of drug-likeness (QED) is 0.260. The van der Waals surface area contributed by atoms with Gasteiger partial charge in [-0.25, -0.2) is 0 Å². The molecular weight excluding hydrogens is 356 g/mol. The third kappa shape index (κ3) is 10.5. The van der Waals surface area contributed by atoms with Crippen LogP contribution in [-0.4, -0.2) is 43.0 Å². The van der Waals surface area contributed by atoms with E-state index >= 15 is 0 Å². The molecule has 1 aliphatic heterocycles. The predicted molar refractivity (Wildman–Crippen MR) is 98.0 cm³/mol. The third-order valence-corrected chi connectivity index (χ3v) is 5.38. The molecule has 0 bridgehead atoms. The molecule has 0 saturated carbocycles. The number of hydrogen-bond donors (Lipinski definition) is 2. The summed E-state index contributed by atoms with van der Waals surface area (Å²) in [4.78, 5) is 0. The Morgan fingerprint density at radius 2 is 1.14 bits per heavy atom. The topological polar surface area (TPSA) is 26.0 Å². The summed E-state index contributed by atoms with van der Waals surface area (Å²) in [5.74, 6) is 1.06. The lowest BCUT2D eigenvalue weighted by molar-refractivity contribution is -0.914. The highest BCUT2D eigenvalue weighted by molar-refractivity contribution is 7.80. The summed E-state index contributed by atoms with van der Waals surface area (Å²) in [7, 11) is 0. The standard InChI is InChI=1S/C18H38N2S.BrH/c19-13-9-7-5-3-1-2-4-6-8-10-14-20(17-18-21)15-11-12-16-20;/h1-19H2;1H. The highest BCUT2D eigenvalue weighted by atomic mass is 79.9. The van der Waals surface area contributed by atoms with E-state index in [0.717, 1.165) is 12.3 Å². The predicted octanol–water partition coefficient (Wildman–Crippen LogP) is 1.39. The summed E-state index contributed by atoms with van der Waals surface area (Å²) in [6, 6.07) is 0. The van der Waals surface area contributed by atoms with E-state index in [0.29, 0.717) is 0 Å². The van der Waals surface area contributed by atoms with Gasteiger partial charge in [-0.2, -0.15) is 12.6 Å².